The van der Waals surface area contributed by atoms with E-state index in [0.29, 0.717) is 11.3 Å². The molecule has 2 amide bonds. The van der Waals surface area contributed by atoms with Crippen LogP contribution in [0.1, 0.15) is 11.6 Å². The lowest BCUT2D eigenvalue weighted by molar-refractivity contribution is -0.126. The van der Waals surface area contributed by atoms with E-state index in [2.05, 4.69) is 0 Å². The van der Waals surface area contributed by atoms with E-state index in [1.807, 2.05) is 36.4 Å². The minimum absolute atomic E-state index is 0.00675. The quantitative estimate of drug-likeness (QED) is 0.657. The molecule has 3 aromatic carbocycles. The van der Waals surface area contributed by atoms with Crippen LogP contribution in [0.4, 0.5) is 11.4 Å². The molecule has 3 aromatic rings. The van der Waals surface area contributed by atoms with Gasteiger partial charge in [-0.15, -0.1) is 0 Å². The van der Waals surface area contributed by atoms with Gasteiger partial charge in [-0.3, -0.25) is 14.4 Å². The average Bonchev–Trinajstić information content (AvgIpc) is 3.31. The van der Waals surface area contributed by atoms with E-state index in [4.69, 9.17) is 9.57 Å². The summed E-state index contributed by atoms with van der Waals surface area (Å²) in [6, 6.07) is 22.5. The molecule has 2 heterocycles. The molecule has 31 heavy (non-hydrogen) atoms. The van der Waals surface area contributed by atoms with Gasteiger partial charge >= 0.3 is 0 Å². The van der Waals surface area contributed by atoms with Gasteiger partial charge in [0.1, 0.15) is 5.92 Å². The fourth-order valence-corrected chi connectivity index (χ4v) is 4.26. The molecule has 0 unspecified atom stereocenters. The van der Waals surface area contributed by atoms with Gasteiger partial charge in [0.25, 0.3) is 5.91 Å². The third kappa shape index (κ3) is 3.02. The standard InChI is InChI=1S/C24H20N2O5/c1-30-19-14-15(12-13-18(19)27)21-20-22(31-26(21)17-10-6-3-7-11-17)24(29)25(23(20)28)16-8-4-2-5-9-16/h2-14,20-22,27H,1H3/t20-,21-,22-/m0/s1. The normalized spacial score (nSPS) is 22.7. The van der Waals surface area contributed by atoms with Gasteiger partial charge in [-0.05, 0) is 42.0 Å². The van der Waals surface area contributed by atoms with Gasteiger partial charge in [0.05, 0.1) is 24.5 Å². The Morgan fingerprint density at radius 1 is 0.871 bits per heavy atom. The molecule has 0 aliphatic carbocycles. The predicted octanol–water partition coefficient (Wildman–Crippen LogP) is 3.45. The zero-order chi connectivity index (χ0) is 21.5. The van der Waals surface area contributed by atoms with E-state index in [1.165, 1.54) is 18.1 Å². The van der Waals surface area contributed by atoms with Crippen molar-refractivity contribution in [1.29, 1.82) is 0 Å². The second-order valence-electron chi connectivity index (χ2n) is 7.44. The van der Waals surface area contributed by atoms with E-state index in [1.54, 1.807) is 41.5 Å². The highest BCUT2D eigenvalue weighted by molar-refractivity contribution is 6.23. The number of benzene rings is 3. The number of phenols is 1. The number of anilines is 2. The summed E-state index contributed by atoms with van der Waals surface area (Å²) < 4.78 is 5.26. The number of para-hydroxylation sites is 2. The molecule has 156 valence electrons. The van der Waals surface area contributed by atoms with Crippen molar-refractivity contribution in [1.82, 2.24) is 0 Å². The number of methoxy groups -OCH3 is 1. The van der Waals surface area contributed by atoms with Crippen LogP contribution < -0.4 is 14.7 Å². The first-order valence-electron chi connectivity index (χ1n) is 9.91. The molecule has 1 N–H and O–H groups in total. The Bertz CT molecular complexity index is 1140. The molecule has 7 heteroatoms. The predicted molar refractivity (Wildman–Crippen MR) is 114 cm³/mol. The molecule has 2 aliphatic rings. The molecule has 0 spiro atoms. The van der Waals surface area contributed by atoms with Crippen LogP contribution in [0.25, 0.3) is 0 Å². The topological polar surface area (TPSA) is 79.3 Å². The first-order valence-corrected chi connectivity index (χ1v) is 9.91. The number of carbonyl (C=O) groups is 2. The maximum atomic E-state index is 13.5. The van der Waals surface area contributed by atoms with Crippen LogP contribution in [0.5, 0.6) is 11.5 Å². The van der Waals surface area contributed by atoms with Gasteiger partial charge in [-0.2, -0.15) is 0 Å². The van der Waals surface area contributed by atoms with Gasteiger partial charge in [0, 0.05) is 0 Å². The SMILES string of the molecule is COc1cc([C@H]2[C@@H]3C(=O)N(c4ccccc4)C(=O)[C@H]3ON2c2ccccc2)ccc1O. The van der Waals surface area contributed by atoms with Crippen LogP contribution in [0, 0.1) is 5.92 Å². The Balaban J connectivity index is 1.61. The Morgan fingerprint density at radius 3 is 2.16 bits per heavy atom. The number of aromatic hydroxyl groups is 1. The van der Waals surface area contributed by atoms with E-state index in [9.17, 15) is 14.7 Å². The van der Waals surface area contributed by atoms with Crippen LogP contribution in [-0.2, 0) is 14.4 Å². The van der Waals surface area contributed by atoms with Crippen LogP contribution >= 0.6 is 0 Å². The number of hydrogen-bond donors (Lipinski definition) is 1. The van der Waals surface area contributed by atoms with Crippen LogP contribution in [-0.4, -0.2) is 30.1 Å². The molecule has 2 saturated heterocycles. The monoisotopic (exact) mass is 416 g/mol. The van der Waals surface area contributed by atoms with Crippen molar-refractivity contribution in [2.75, 3.05) is 17.1 Å². The van der Waals surface area contributed by atoms with Gasteiger partial charge in [-0.1, -0.05) is 42.5 Å². The fourth-order valence-electron chi connectivity index (χ4n) is 4.26. The lowest BCUT2D eigenvalue weighted by Crippen LogP contribution is -2.37. The number of ether oxygens (including phenoxy) is 1. The average molecular weight is 416 g/mol. The van der Waals surface area contributed by atoms with E-state index in [0.717, 1.165) is 5.69 Å². The Hall–Kier alpha value is -3.84. The summed E-state index contributed by atoms with van der Waals surface area (Å²) >= 11 is 0. The van der Waals surface area contributed by atoms with Crippen molar-refractivity contribution in [3.05, 3.63) is 84.4 Å². The lowest BCUT2D eigenvalue weighted by Gasteiger charge is -2.29. The fraction of sp³-hybridized carbons (Fsp3) is 0.167. The highest BCUT2D eigenvalue weighted by Gasteiger charge is 2.60. The van der Waals surface area contributed by atoms with Crippen molar-refractivity contribution >= 4 is 23.2 Å². The third-order valence-corrected chi connectivity index (χ3v) is 5.69. The van der Waals surface area contributed by atoms with Crippen molar-refractivity contribution < 1.29 is 24.3 Å². The Morgan fingerprint density at radius 2 is 1.52 bits per heavy atom. The molecule has 7 nitrogen and oxygen atoms in total. The highest BCUT2D eigenvalue weighted by atomic mass is 16.7. The molecule has 0 saturated carbocycles. The first kappa shape index (κ1) is 19.1. The first-order chi connectivity index (χ1) is 15.1. The van der Waals surface area contributed by atoms with Crippen LogP contribution in [0.3, 0.4) is 0 Å². The number of phenolic OH excluding ortho intramolecular Hbond substituents is 1. The van der Waals surface area contributed by atoms with E-state index >= 15 is 0 Å². The highest BCUT2D eigenvalue weighted by Crippen LogP contribution is 2.48. The van der Waals surface area contributed by atoms with Gasteiger partial charge in [-0.25, -0.2) is 9.96 Å². The van der Waals surface area contributed by atoms with Crippen LogP contribution in [0.15, 0.2) is 78.9 Å². The Kier molecular flexibility index (Phi) is 4.60. The third-order valence-electron chi connectivity index (χ3n) is 5.69. The maximum Gasteiger partial charge on any atom is 0.266 e. The maximum absolute atomic E-state index is 13.5. The molecule has 2 aliphatic heterocycles. The molecule has 0 aromatic heterocycles. The number of hydrogen-bond acceptors (Lipinski definition) is 6. The number of rotatable bonds is 4. The number of imide groups is 1. The molecule has 2 fully saturated rings. The van der Waals surface area contributed by atoms with Gasteiger partial charge in [0.2, 0.25) is 5.91 Å². The minimum Gasteiger partial charge on any atom is -0.504 e. The molecule has 3 atom stereocenters. The summed E-state index contributed by atoms with van der Waals surface area (Å²) in [5.74, 6) is -1.19. The van der Waals surface area contributed by atoms with E-state index in [-0.39, 0.29) is 17.4 Å². The zero-order valence-electron chi connectivity index (χ0n) is 16.7. The lowest BCUT2D eigenvalue weighted by atomic mass is 9.90. The van der Waals surface area contributed by atoms with Crippen molar-refractivity contribution in [3.8, 4) is 11.5 Å². The Labute approximate surface area is 179 Å². The van der Waals surface area contributed by atoms with E-state index < -0.39 is 24.0 Å². The second kappa shape index (κ2) is 7.45. The summed E-state index contributed by atoms with van der Waals surface area (Å²) in [5.41, 5.74) is 1.94. The molecule has 0 radical (unpaired) electrons. The van der Waals surface area contributed by atoms with Crippen molar-refractivity contribution in [2.24, 2.45) is 5.92 Å². The van der Waals surface area contributed by atoms with Crippen LogP contribution in [0.2, 0.25) is 0 Å². The van der Waals surface area contributed by atoms with Gasteiger partial charge < -0.3 is 9.84 Å². The number of fused-ring (bicyclic) bond motifs is 1. The zero-order valence-corrected chi connectivity index (χ0v) is 16.7. The van der Waals surface area contributed by atoms with Crippen molar-refractivity contribution in [3.63, 3.8) is 0 Å². The molecular formula is C24H20N2O5. The van der Waals surface area contributed by atoms with Crippen molar-refractivity contribution in [2.45, 2.75) is 12.1 Å². The number of carbonyl (C=O) groups excluding carboxylic acids is 2. The summed E-state index contributed by atoms with van der Waals surface area (Å²) in [5, 5.41) is 11.6. The summed E-state index contributed by atoms with van der Waals surface area (Å²) in [6.07, 6.45) is -0.947. The van der Waals surface area contributed by atoms with Gasteiger partial charge in [0.15, 0.2) is 17.6 Å². The molecule has 5 rings (SSSR count). The summed E-state index contributed by atoms with van der Waals surface area (Å²) in [4.78, 5) is 34.0. The number of amides is 2. The summed E-state index contributed by atoms with van der Waals surface area (Å²) in [6.45, 7) is 0. The largest absolute Gasteiger partial charge is 0.504 e. The molecule has 0 bridgehead atoms. The summed E-state index contributed by atoms with van der Waals surface area (Å²) in [7, 11) is 1.46. The molecular weight excluding hydrogens is 396 g/mol. The number of nitrogens with zero attached hydrogens (tertiary/aromatic N) is 2. The minimum atomic E-state index is -0.947. The number of hydroxylamine groups is 1. The second-order valence-corrected chi connectivity index (χ2v) is 7.44. The smallest absolute Gasteiger partial charge is 0.266 e.